The number of nitrogens with zero attached hydrogens (tertiary/aromatic N) is 7. The first kappa shape index (κ1) is 20.0. The van der Waals surface area contributed by atoms with Crippen LogP contribution in [0.5, 0.6) is 0 Å². The minimum absolute atomic E-state index is 0.152. The monoisotopic (exact) mass is 440 g/mol. The lowest BCUT2D eigenvalue weighted by molar-refractivity contribution is -0.384. The number of hydrogen-bond acceptors (Lipinski definition) is 7. The summed E-state index contributed by atoms with van der Waals surface area (Å²) in [5.41, 5.74) is 2.05. The number of hydrogen-bond donors (Lipinski definition) is 1. The van der Waals surface area contributed by atoms with Crippen LogP contribution in [0.2, 0.25) is 0 Å². The fraction of sp³-hybridized carbons (Fsp3) is 0.0455. The Labute approximate surface area is 186 Å². The summed E-state index contributed by atoms with van der Waals surface area (Å²) in [7, 11) is 0. The van der Waals surface area contributed by atoms with E-state index < -0.39 is 10.8 Å². The first-order valence-electron chi connectivity index (χ1n) is 9.88. The molecule has 5 aromatic rings. The summed E-state index contributed by atoms with van der Waals surface area (Å²) in [6, 6.07) is 16.7. The van der Waals surface area contributed by atoms with Gasteiger partial charge in [0.05, 0.1) is 27.9 Å². The van der Waals surface area contributed by atoms with Crippen molar-refractivity contribution in [3.8, 4) is 11.5 Å². The molecule has 0 aliphatic carbocycles. The highest BCUT2D eigenvalue weighted by Crippen LogP contribution is 2.24. The molecule has 0 unspecified atom stereocenters. The van der Waals surface area contributed by atoms with Crippen LogP contribution in [0.25, 0.3) is 22.5 Å². The van der Waals surface area contributed by atoms with E-state index in [1.54, 1.807) is 23.9 Å². The Kier molecular flexibility index (Phi) is 4.83. The van der Waals surface area contributed by atoms with Gasteiger partial charge >= 0.3 is 0 Å². The Morgan fingerprint density at radius 2 is 1.85 bits per heavy atom. The second-order valence-corrected chi connectivity index (χ2v) is 7.17. The highest BCUT2D eigenvalue weighted by atomic mass is 16.6. The molecule has 2 aromatic carbocycles. The number of nitrogens with one attached hydrogen (secondary N) is 1. The van der Waals surface area contributed by atoms with E-state index >= 15 is 0 Å². The molecule has 1 N–H and O–H groups in total. The van der Waals surface area contributed by atoms with Crippen LogP contribution < -0.4 is 5.32 Å². The predicted molar refractivity (Wildman–Crippen MR) is 120 cm³/mol. The number of para-hydroxylation sites is 1. The number of anilines is 1. The van der Waals surface area contributed by atoms with Crippen molar-refractivity contribution in [1.82, 2.24) is 29.5 Å². The summed E-state index contributed by atoms with van der Waals surface area (Å²) in [6.45, 7) is 1.78. The number of carbonyl (C=O) groups is 1. The molecule has 3 heterocycles. The van der Waals surface area contributed by atoms with E-state index in [-0.39, 0.29) is 11.3 Å². The number of fused-ring (bicyclic) bond motifs is 1. The molecule has 33 heavy (non-hydrogen) atoms. The maximum atomic E-state index is 12.8. The van der Waals surface area contributed by atoms with Gasteiger partial charge in [-0.3, -0.25) is 14.9 Å². The minimum atomic E-state index is -0.548. The largest absolute Gasteiger partial charge is 0.306 e. The van der Waals surface area contributed by atoms with Gasteiger partial charge in [-0.05, 0) is 25.1 Å². The van der Waals surface area contributed by atoms with Crippen LogP contribution in [0.1, 0.15) is 16.1 Å². The van der Waals surface area contributed by atoms with Crippen molar-refractivity contribution in [1.29, 1.82) is 0 Å². The average molecular weight is 440 g/mol. The first-order valence-corrected chi connectivity index (χ1v) is 9.88. The van der Waals surface area contributed by atoms with E-state index in [4.69, 9.17) is 0 Å². The zero-order valence-corrected chi connectivity index (χ0v) is 17.3. The molecule has 162 valence electrons. The molecule has 0 aliphatic rings. The van der Waals surface area contributed by atoms with Crippen LogP contribution in [-0.2, 0) is 0 Å². The second-order valence-electron chi connectivity index (χ2n) is 7.17. The summed E-state index contributed by atoms with van der Waals surface area (Å²) in [5.74, 6) is 0.284. The third-order valence-corrected chi connectivity index (χ3v) is 4.94. The van der Waals surface area contributed by atoms with Crippen LogP contribution in [0.4, 0.5) is 11.5 Å². The number of rotatable bonds is 5. The van der Waals surface area contributed by atoms with E-state index in [0.717, 1.165) is 5.69 Å². The van der Waals surface area contributed by atoms with Crippen molar-refractivity contribution in [2.45, 2.75) is 6.92 Å². The summed E-state index contributed by atoms with van der Waals surface area (Å²) >= 11 is 0. The standard InChI is InChI=1S/C22H16N8O3/c1-14-10-19(26-22(31)15-6-5-9-17(11-15)30(32)33)29(27-14)21-18-12-25-28(20(18)23-13-24-21)16-7-3-2-4-8-16/h2-13H,1H3,(H,26,31). The Hall–Kier alpha value is -4.93. The molecule has 11 nitrogen and oxygen atoms in total. The average Bonchev–Trinajstić information content (AvgIpc) is 3.43. The number of amides is 1. The molecule has 0 fully saturated rings. The minimum Gasteiger partial charge on any atom is -0.306 e. The molecule has 0 aliphatic heterocycles. The van der Waals surface area contributed by atoms with E-state index in [1.807, 2.05) is 30.3 Å². The van der Waals surface area contributed by atoms with Crippen molar-refractivity contribution in [3.63, 3.8) is 0 Å². The van der Waals surface area contributed by atoms with Gasteiger partial charge in [-0.1, -0.05) is 24.3 Å². The van der Waals surface area contributed by atoms with Crippen molar-refractivity contribution >= 4 is 28.4 Å². The zero-order valence-electron chi connectivity index (χ0n) is 17.3. The number of aromatic nitrogens is 6. The fourth-order valence-corrected chi connectivity index (χ4v) is 3.46. The van der Waals surface area contributed by atoms with Gasteiger partial charge in [-0.25, -0.2) is 14.6 Å². The van der Waals surface area contributed by atoms with Crippen molar-refractivity contribution in [2.24, 2.45) is 0 Å². The third-order valence-electron chi connectivity index (χ3n) is 4.94. The smallest absolute Gasteiger partial charge is 0.270 e. The van der Waals surface area contributed by atoms with Crippen molar-refractivity contribution < 1.29 is 9.72 Å². The van der Waals surface area contributed by atoms with Gasteiger partial charge in [0.15, 0.2) is 11.5 Å². The highest BCUT2D eigenvalue weighted by Gasteiger charge is 2.19. The second kappa shape index (κ2) is 7.96. The molecule has 0 saturated heterocycles. The summed E-state index contributed by atoms with van der Waals surface area (Å²) in [4.78, 5) is 32.0. The van der Waals surface area contributed by atoms with Crippen molar-refractivity contribution in [2.75, 3.05) is 5.32 Å². The molecule has 0 bridgehead atoms. The topological polar surface area (TPSA) is 134 Å². The lowest BCUT2D eigenvalue weighted by Gasteiger charge is -2.09. The molecular weight excluding hydrogens is 424 g/mol. The van der Waals surface area contributed by atoms with E-state index in [0.29, 0.717) is 28.4 Å². The summed E-state index contributed by atoms with van der Waals surface area (Å²) in [6.07, 6.45) is 3.04. The third kappa shape index (κ3) is 3.67. The molecule has 3 aromatic heterocycles. The van der Waals surface area contributed by atoms with Crippen LogP contribution in [0, 0.1) is 17.0 Å². The van der Waals surface area contributed by atoms with Crippen LogP contribution in [0.3, 0.4) is 0 Å². The first-order chi connectivity index (χ1) is 16.0. The summed E-state index contributed by atoms with van der Waals surface area (Å²) < 4.78 is 3.18. The van der Waals surface area contributed by atoms with Crippen LogP contribution in [-0.4, -0.2) is 40.4 Å². The quantitative estimate of drug-likeness (QED) is 0.327. The lowest BCUT2D eigenvalue weighted by atomic mass is 10.2. The maximum Gasteiger partial charge on any atom is 0.270 e. The van der Waals surface area contributed by atoms with E-state index in [2.05, 4.69) is 25.5 Å². The molecule has 0 atom stereocenters. The lowest BCUT2D eigenvalue weighted by Crippen LogP contribution is -2.16. The number of benzene rings is 2. The van der Waals surface area contributed by atoms with E-state index in [9.17, 15) is 14.9 Å². The molecule has 0 saturated carbocycles. The van der Waals surface area contributed by atoms with Crippen LogP contribution >= 0.6 is 0 Å². The van der Waals surface area contributed by atoms with Gasteiger partial charge in [-0.2, -0.15) is 14.9 Å². The fourth-order valence-electron chi connectivity index (χ4n) is 3.46. The number of aryl methyl sites for hydroxylation is 1. The number of nitro groups is 1. The SMILES string of the molecule is Cc1cc(NC(=O)c2cccc([N+](=O)[O-])c2)n(-c2ncnc3c2cnn3-c2ccccc2)n1. The number of nitro benzene ring substituents is 1. The number of carbonyl (C=O) groups excluding carboxylic acids is 1. The van der Waals surface area contributed by atoms with Gasteiger partial charge in [0, 0.05) is 23.8 Å². The van der Waals surface area contributed by atoms with Crippen LogP contribution in [0.15, 0.2) is 73.2 Å². The summed E-state index contributed by atoms with van der Waals surface area (Å²) in [5, 5.41) is 23.4. The molecular formula is C22H16N8O3. The van der Waals surface area contributed by atoms with Gasteiger partial charge in [0.1, 0.15) is 12.1 Å². The van der Waals surface area contributed by atoms with Gasteiger partial charge in [0.25, 0.3) is 11.6 Å². The molecule has 11 heteroatoms. The highest BCUT2D eigenvalue weighted by molar-refractivity contribution is 6.04. The zero-order chi connectivity index (χ0) is 22.9. The van der Waals surface area contributed by atoms with Gasteiger partial charge < -0.3 is 5.32 Å². The van der Waals surface area contributed by atoms with Gasteiger partial charge in [0.2, 0.25) is 0 Å². The van der Waals surface area contributed by atoms with E-state index in [1.165, 1.54) is 35.3 Å². The Bertz CT molecular complexity index is 1510. The Balaban J connectivity index is 1.54. The Morgan fingerprint density at radius 3 is 2.64 bits per heavy atom. The Morgan fingerprint density at radius 1 is 1.03 bits per heavy atom. The number of non-ortho nitro benzene ring substituents is 1. The van der Waals surface area contributed by atoms with Crippen molar-refractivity contribution in [3.05, 3.63) is 94.6 Å². The maximum absolute atomic E-state index is 12.8. The van der Waals surface area contributed by atoms with Gasteiger partial charge in [-0.15, -0.1) is 0 Å². The molecule has 1 amide bonds. The molecule has 0 radical (unpaired) electrons. The molecule has 5 rings (SSSR count). The normalized spacial score (nSPS) is 10.9. The molecule has 0 spiro atoms. The predicted octanol–water partition coefficient (Wildman–Crippen LogP) is 3.47.